The molecule has 1 aromatic heterocycles. The Balaban J connectivity index is 1.65. The molecule has 1 unspecified atom stereocenters. The van der Waals surface area contributed by atoms with Gasteiger partial charge in [0.15, 0.2) is 0 Å². The lowest BCUT2D eigenvalue weighted by Gasteiger charge is -2.22. The average Bonchev–Trinajstić information content (AvgIpc) is 3.11. The molecule has 0 aliphatic carbocycles. The van der Waals surface area contributed by atoms with Gasteiger partial charge in [-0.15, -0.1) is 0 Å². The van der Waals surface area contributed by atoms with Gasteiger partial charge in [0, 0.05) is 13.1 Å². The minimum absolute atomic E-state index is 0.292. The van der Waals surface area contributed by atoms with Crippen LogP contribution in [-0.2, 0) is 6.54 Å². The smallest absolute Gasteiger partial charge is 0.138 e. The number of likely N-dealkylation sites (tertiary alicyclic amines) is 1. The van der Waals surface area contributed by atoms with Crippen molar-refractivity contribution in [3.05, 3.63) is 42.5 Å². The van der Waals surface area contributed by atoms with Crippen LogP contribution in [0, 0.1) is 5.41 Å². The van der Waals surface area contributed by atoms with Crippen LogP contribution in [0.15, 0.2) is 36.9 Å². The zero-order chi connectivity index (χ0) is 14.0. The molecule has 1 aliphatic rings. The molecule has 0 saturated carbocycles. The number of hydrogen-bond acceptors (Lipinski definition) is 4. The van der Waals surface area contributed by atoms with Crippen LogP contribution in [0.25, 0.3) is 5.69 Å². The molecule has 2 N–H and O–H groups in total. The topological polar surface area (TPSA) is 60.0 Å². The maximum Gasteiger partial charge on any atom is 0.138 e. The second kappa shape index (κ2) is 5.34. The Hall–Kier alpha value is -1.72. The highest BCUT2D eigenvalue weighted by atomic mass is 15.3. The summed E-state index contributed by atoms with van der Waals surface area (Å²) in [7, 11) is 0. The Morgan fingerprint density at radius 3 is 2.70 bits per heavy atom. The van der Waals surface area contributed by atoms with Crippen LogP contribution < -0.4 is 5.73 Å². The van der Waals surface area contributed by atoms with Crippen molar-refractivity contribution >= 4 is 0 Å². The first-order valence-electron chi connectivity index (χ1n) is 7.05. The fourth-order valence-corrected chi connectivity index (χ4v) is 2.78. The summed E-state index contributed by atoms with van der Waals surface area (Å²) in [5, 5.41) is 4.13. The van der Waals surface area contributed by atoms with E-state index in [2.05, 4.69) is 46.2 Å². The molecule has 1 aliphatic heterocycles. The van der Waals surface area contributed by atoms with Crippen LogP contribution in [0.4, 0.5) is 0 Å². The summed E-state index contributed by atoms with van der Waals surface area (Å²) in [6.45, 7) is 6.27. The van der Waals surface area contributed by atoms with Gasteiger partial charge in [-0.05, 0) is 42.6 Å². The lowest BCUT2D eigenvalue weighted by Crippen LogP contribution is -2.31. The van der Waals surface area contributed by atoms with Gasteiger partial charge in [0.25, 0.3) is 0 Å². The maximum absolute atomic E-state index is 5.86. The number of hydrogen-bond donors (Lipinski definition) is 1. The lowest BCUT2D eigenvalue weighted by atomic mass is 9.90. The van der Waals surface area contributed by atoms with E-state index in [0.717, 1.165) is 31.9 Å². The van der Waals surface area contributed by atoms with E-state index in [1.807, 2.05) is 0 Å². The summed E-state index contributed by atoms with van der Waals surface area (Å²) >= 11 is 0. The van der Waals surface area contributed by atoms with Crippen LogP contribution in [-0.4, -0.2) is 39.3 Å². The van der Waals surface area contributed by atoms with Crippen molar-refractivity contribution in [3.8, 4) is 5.69 Å². The summed E-state index contributed by atoms with van der Waals surface area (Å²) in [6, 6.07) is 8.49. The van der Waals surface area contributed by atoms with Crippen molar-refractivity contribution in [2.45, 2.75) is 19.9 Å². The molecule has 1 atom stereocenters. The van der Waals surface area contributed by atoms with Crippen molar-refractivity contribution in [1.29, 1.82) is 0 Å². The van der Waals surface area contributed by atoms with Gasteiger partial charge in [0.05, 0.1) is 5.69 Å². The quantitative estimate of drug-likeness (QED) is 0.914. The van der Waals surface area contributed by atoms with Crippen molar-refractivity contribution in [3.63, 3.8) is 0 Å². The first-order chi connectivity index (χ1) is 9.68. The molecule has 2 heterocycles. The van der Waals surface area contributed by atoms with E-state index in [4.69, 9.17) is 5.73 Å². The zero-order valence-corrected chi connectivity index (χ0v) is 11.9. The van der Waals surface area contributed by atoms with Gasteiger partial charge in [0.1, 0.15) is 12.7 Å². The third-order valence-corrected chi connectivity index (χ3v) is 4.16. The highest BCUT2D eigenvalue weighted by molar-refractivity contribution is 5.33. The average molecular weight is 271 g/mol. The van der Waals surface area contributed by atoms with Gasteiger partial charge in [-0.3, -0.25) is 4.90 Å². The molecule has 1 saturated heterocycles. The lowest BCUT2D eigenvalue weighted by molar-refractivity contribution is 0.274. The van der Waals surface area contributed by atoms with E-state index in [9.17, 15) is 0 Å². The summed E-state index contributed by atoms with van der Waals surface area (Å²) in [5.41, 5.74) is 8.52. The normalized spacial score (nSPS) is 23.3. The number of rotatable bonds is 4. The van der Waals surface area contributed by atoms with E-state index in [1.54, 1.807) is 17.3 Å². The Labute approximate surface area is 119 Å². The Bertz CT molecular complexity index is 548. The molecule has 3 rings (SSSR count). The summed E-state index contributed by atoms with van der Waals surface area (Å²) in [6.07, 6.45) is 4.45. The summed E-state index contributed by atoms with van der Waals surface area (Å²) in [5.74, 6) is 0. The number of benzene rings is 1. The van der Waals surface area contributed by atoms with Gasteiger partial charge in [-0.1, -0.05) is 19.1 Å². The molecular weight excluding hydrogens is 250 g/mol. The molecule has 0 amide bonds. The van der Waals surface area contributed by atoms with Crippen molar-refractivity contribution in [1.82, 2.24) is 19.7 Å². The summed E-state index contributed by atoms with van der Waals surface area (Å²) in [4.78, 5) is 6.44. The standard InChI is InChI=1S/C15H21N5/c1-15(9-16)6-7-19(10-15)8-13-2-4-14(5-3-13)20-12-17-11-18-20/h2-5,11-12H,6-10,16H2,1H3. The van der Waals surface area contributed by atoms with E-state index < -0.39 is 0 Å². The van der Waals surface area contributed by atoms with Crippen molar-refractivity contribution < 1.29 is 0 Å². The molecular formula is C15H21N5. The number of aromatic nitrogens is 3. The molecule has 0 spiro atoms. The molecule has 1 aromatic carbocycles. The molecule has 5 nitrogen and oxygen atoms in total. The number of nitrogens with two attached hydrogens (primary N) is 1. The minimum atomic E-state index is 0.292. The second-order valence-electron chi connectivity index (χ2n) is 5.98. The predicted octanol–water partition coefficient (Wildman–Crippen LogP) is 1.44. The largest absolute Gasteiger partial charge is 0.330 e. The second-order valence-corrected chi connectivity index (χ2v) is 5.98. The fraction of sp³-hybridized carbons (Fsp3) is 0.467. The molecule has 0 bridgehead atoms. The Kier molecular flexibility index (Phi) is 3.54. The van der Waals surface area contributed by atoms with Crippen LogP contribution in [0.5, 0.6) is 0 Å². The SMILES string of the molecule is CC1(CN)CCN(Cc2ccc(-n3cncn3)cc2)C1. The molecule has 106 valence electrons. The van der Waals surface area contributed by atoms with Gasteiger partial charge in [0.2, 0.25) is 0 Å². The highest BCUT2D eigenvalue weighted by Crippen LogP contribution is 2.29. The molecule has 0 radical (unpaired) electrons. The molecule has 1 fully saturated rings. The minimum Gasteiger partial charge on any atom is -0.330 e. The van der Waals surface area contributed by atoms with E-state index in [-0.39, 0.29) is 0 Å². The van der Waals surface area contributed by atoms with Crippen LogP contribution in [0.1, 0.15) is 18.9 Å². The predicted molar refractivity (Wildman–Crippen MR) is 78.4 cm³/mol. The first kappa shape index (κ1) is 13.3. The monoisotopic (exact) mass is 271 g/mol. The van der Waals surface area contributed by atoms with Crippen molar-refractivity contribution in [2.75, 3.05) is 19.6 Å². The van der Waals surface area contributed by atoms with Gasteiger partial charge >= 0.3 is 0 Å². The summed E-state index contributed by atoms with van der Waals surface area (Å²) < 4.78 is 1.77. The Morgan fingerprint density at radius 2 is 2.10 bits per heavy atom. The first-order valence-corrected chi connectivity index (χ1v) is 7.05. The van der Waals surface area contributed by atoms with E-state index in [0.29, 0.717) is 5.41 Å². The van der Waals surface area contributed by atoms with Crippen LogP contribution >= 0.6 is 0 Å². The van der Waals surface area contributed by atoms with Crippen LogP contribution in [0.2, 0.25) is 0 Å². The highest BCUT2D eigenvalue weighted by Gasteiger charge is 2.32. The zero-order valence-electron chi connectivity index (χ0n) is 11.9. The van der Waals surface area contributed by atoms with Gasteiger partial charge < -0.3 is 5.73 Å². The third kappa shape index (κ3) is 2.73. The Morgan fingerprint density at radius 1 is 1.30 bits per heavy atom. The van der Waals surface area contributed by atoms with Gasteiger partial charge in [-0.2, -0.15) is 5.10 Å². The molecule has 20 heavy (non-hydrogen) atoms. The molecule has 2 aromatic rings. The maximum atomic E-state index is 5.86. The van der Waals surface area contributed by atoms with Gasteiger partial charge in [-0.25, -0.2) is 9.67 Å². The van der Waals surface area contributed by atoms with Crippen molar-refractivity contribution in [2.24, 2.45) is 11.1 Å². The molecule has 5 heteroatoms. The number of nitrogens with zero attached hydrogens (tertiary/aromatic N) is 4. The van der Waals surface area contributed by atoms with E-state index in [1.165, 1.54) is 12.0 Å². The third-order valence-electron chi connectivity index (χ3n) is 4.16. The van der Waals surface area contributed by atoms with E-state index >= 15 is 0 Å². The fourth-order valence-electron chi connectivity index (χ4n) is 2.78. The van der Waals surface area contributed by atoms with Crippen LogP contribution in [0.3, 0.4) is 0 Å².